The summed E-state index contributed by atoms with van der Waals surface area (Å²) in [5.41, 5.74) is 2.31. The molecule has 114 valence electrons. The Kier molecular flexibility index (Phi) is 5.38. The molecule has 0 saturated heterocycles. The number of halogens is 3. The summed E-state index contributed by atoms with van der Waals surface area (Å²) >= 11 is 0. The quantitative estimate of drug-likeness (QED) is 0.647. The second-order valence-corrected chi connectivity index (χ2v) is 5.23. The van der Waals surface area contributed by atoms with Crippen molar-refractivity contribution >= 4 is 0 Å². The highest BCUT2D eigenvalue weighted by Crippen LogP contribution is 2.30. The molecule has 0 saturated carbocycles. The van der Waals surface area contributed by atoms with Gasteiger partial charge in [0.2, 0.25) is 0 Å². The topological polar surface area (TPSA) is 56.5 Å². The Morgan fingerprint density at radius 1 is 1.20 bits per heavy atom. The summed E-state index contributed by atoms with van der Waals surface area (Å²) in [5.74, 6) is 5.11. The molecule has 4 nitrogen and oxygen atoms in total. The molecule has 1 aromatic carbocycles. The van der Waals surface area contributed by atoms with Crippen LogP contribution in [0.15, 0.2) is 24.3 Å². The van der Waals surface area contributed by atoms with Gasteiger partial charge in [-0.3, -0.25) is 11.3 Å². The number of rotatable bonds is 5. The molecule has 3 N–H and O–H groups in total. The largest absolute Gasteiger partial charge is 0.573 e. The van der Waals surface area contributed by atoms with Gasteiger partial charge in [0.1, 0.15) is 5.75 Å². The van der Waals surface area contributed by atoms with Crippen LogP contribution in [0.5, 0.6) is 5.75 Å². The van der Waals surface area contributed by atoms with Crippen LogP contribution in [0, 0.1) is 0 Å². The summed E-state index contributed by atoms with van der Waals surface area (Å²) < 4.78 is 46.6. The van der Waals surface area contributed by atoms with Crippen LogP contribution in [-0.2, 0) is 4.74 Å². The van der Waals surface area contributed by atoms with Crippen LogP contribution in [0.2, 0.25) is 0 Å². The summed E-state index contributed by atoms with van der Waals surface area (Å²) in [5, 5.41) is 0. The van der Waals surface area contributed by atoms with E-state index in [4.69, 9.17) is 10.6 Å². The molecule has 1 unspecified atom stereocenters. The fraction of sp³-hybridized carbons (Fsp3) is 0.538. The number of benzene rings is 1. The van der Waals surface area contributed by atoms with Gasteiger partial charge >= 0.3 is 6.36 Å². The number of hydrogen-bond acceptors (Lipinski definition) is 4. The van der Waals surface area contributed by atoms with Crippen LogP contribution in [0.4, 0.5) is 13.2 Å². The smallest absolute Gasteiger partial charge is 0.405 e. The molecule has 0 heterocycles. The van der Waals surface area contributed by atoms with Gasteiger partial charge in [-0.2, -0.15) is 0 Å². The first-order valence-corrected chi connectivity index (χ1v) is 6.07. The Morgan fingerprint density at radius 3 is 2.30 bits per heavy atom. The summed E-state index contributed by atoms with van der Waals surface area (Å²) in [6, 6.07) is 5.22. The molecule has 0 radical (unpaired) electrons. The lowest BCUT2D eigenvalue weighted by Gasteiger charge is -2.25. The second-order valence-electron chi connectivity index (χ2n) is 5.23. The highest BCUT2D eigenvalue weighted by atomic mass is 19.4. The van der Waals surface area contributed by atoms with Crippen molar-refractivity contribution in [2.24, 2.45) is 5.84 Å². The lowest BCUT2D eigenvalue weighted by Crippen LogP contribution is -2.35. The molecule has 0 amide bonds. The van der Waals surface area contributed by atoms with E-state index in [9.17, 15) is 13.2 Å². The maximum atomic E-state index is 12.4. The fourth-order valence-electron chi connectivity index (χ4n) is 1.55. The van der Waals surface area contributed by atoms with E-state index in [1.807, 2.05) is 20.8 Å². The minimum atomic E-state index is -4.75. The van der Waals surface area contributed by atoms with Crippen LogP contribution in [0.25, 0.3) is 0 Å². The zero-order valence-electron chi connectivity index (χ0n) is 11.6. The second kappa shape index (κ2) is 6.43. The van der Waals surface area contributed by atoms with Gasteiger partial charge in [-0.25, -0.2) is 0 Å². The minimum absolute atomic E-state index is 0.123. The molecule has 0 aliphatic heterocycles. The Balaban J connectivity index is 2.92. The summed E-state index contributed by atoms with van der Waals surface area (Å²) in [6.07, 6.45) is -4.75. The number of nitrogens with two attached hydrogens (primary N) is 1. The Labute approximate surface area is 116 Å². The third-order valence-corrected chi connectivity index (χ3v) is 2.40. The van der Waals surface area contributed by atoms with Gasteiger partial charge in [-0.1, -0.05) is 18.2 Å². The van der Waals surface area contributed by atoms with Gasteiger partial charge in [0.15, 0.2) is 0 Å². The molecular weight excluding hydrogens is 273 g/mol. The average Bonchev–Trinajstić information content (AvgIpc) is 2.28. The first-order valence-electron chi connectivity index (χ1n) is 6.07. The molecule has 0 aliphatic rings. The lowest BCUT2D eigenvalue weighted by molar-refractivity contribution is -0.275. The Hall–Kier alpha value is -1.31. The molecule has 1 aromatic rings. The number of para-hydroxylation sites is 1. The molecule has 20 heavy (non-hydrogen) atoms. The van der Waals surface area contributed by atoms with E-state index < -0.39 is 18.0 Å². The minimum Gasteiger partial charge on any atom is -0.405 e. The first-order chi connectivity index (χ1) is 9.12. The highest BCUT2D eigenvalue weighted by molar-refractivity contribution is 5.36. The van der Waals surface area contributed by atoms with Crippen molar-refractivity contribution in [1.82, 2.24) is 5.43 Å². The van der Waals surface area contributed by atoms with Gasteiger partial charge in [-0.15, -0.1) is 13.2 Å². The zero-order valence-corrected chi connectivity index (χ0v) is 11.6. The Bertz CT molecular complexity index is 430. The number of ether oxygens (including phenoxy) is 2. The summed E-state index contributed by atoms with van der Waals surface area (Å²) in [4.78, 5) is 0. The van der Waals surface area contributed by atoms with Gasteiger partial charge < -0.3 is 9.47 Å². The standard InChI is InChI=1S/C13H19F3N2O2/c1-12(2,3)19-8-10(18-17)9-6-4-5-7-11(9)20-13(14,15)16/h4-7,10,18H,8,17H2,1-3H3. The van der Waals surface area contributed by atoms with Crippen molar-refractivity contribution in [3.8, 4) is 5.75 Å². The Morgan fingerprint density at radius 2 is 1.80 bits per heavy atom. The molecule has 0 aromatic heterocycles. The average molecular weight is 292 g/mol. The maximum Gasteiger partial charge on any atom is 0.573 e. The van der Waals surface area contributed by atoms with E-state index in [0.717, 1.165) is 0 Å². The highest BCUT2D eigenvalue weighted by Gasteiger charge is 2.33. The van der Waals surface area contributed by atoms with Crippen LogP contribution in [0.3, 0.4) is 0 Å². The molecule has 1 rings (SSSR count). The first kappa shape index (κ1) is 16.7. The van der Waals surface area contributed by atoms with Crippen LogP contribution in [0.1, 0.15) is 32.4 Å². The maximum absolute atomic E-state index is 12.4. The lowest BCUT2D eigenvalue weighted by atomic mass is 10.1. The van der Waals surface area contributed by atoms with Gasteiger partial charge in [0.05, 0.1) is 18.2 Å². The number of hydrazine groups is 1. The van der Waals surface area contributed by atoms with Gasteiger partial charge in [0, 0.05) is 5.56 Å². The third-order valence-electron chi connectivity index (χ3n) is 2.40. The van der Waals surface area contributed by atoms with Crippen molar-refractivity contribution in [2.45, 2.75) is 38.8 Å². The summed E-state index contributed by atoms with van der Waals surface area (Å²) in [7, 11) is 0. The third kappa shape index (κ3) is 5.77. The van der Waals surface area contributed by atoms with Crippen molar-refractivity contribution in [1.29, 1.82) is 0 Å². The van der Waals surface area contributed by atoms with E-state index in [-0.39, 0.29) is 17.9 Å². The van der Waals surface area contributed by atoms with Gasteiger partial charge in [0.25, 0.3) is 0 Å². The number of alkyl halides is 3. The molecular formula is C13H19F3N2O2. The molecule has 1 atom stereocenters. The van der Waals surface area contributed by atoms with Crippen LogP contribution in [-0.4, -0.2) is 18.6 Å². The number of nitrogens with one attached hydrogen (secondary N) is 1. The summed E-state index contributed by atoms with van der Waals surface area (Å²) in [6.45, 7) is 5.66. The molecule has 7 heteroatoms. The van der Waals surface area contributed by atoms with E-state index in [1.54, 1.807) is 6.07 Å². The fourth-order valence-corrected chi connectivity index (χ4v) is 1.55. The van der Waals surface area contributed by atoms with Gasteiger partial charge in [-0.05, 0) is 26.8 Å². The van der Waals surface area contributed by atoms with E-state index in [2.05, 4.69) is 10.2 Å². The van der Waals surface area contributed by atoms with Crippen molar-refractivity contribution in [3.05, 3.63) is 29.8 Å². The van der Waals surface area contributed by atoms with Crippen molar-refractivity contribution in [2.75, 3.05) is 6.61 Å². The van der Waals surface area contributed by atoms with E-state index in [1.165, 1.54) is 18.2 Å². The monoisotopic (exact) mass is 292 g/mol. The van der Waals surface area contributed by atoms with Crippen molar-refractivity contribution in [3.63, 3.8) is 0 Å². The molecule has 0 fully saturated rings. The molecule has 0 aliphatic carbocycles. The van der Waals surface area contributed by atoms with Crippen LogP contribution < -0.4 is 16.0 Å². The molecule has 0 bridgehead atoms. The van der Waals surface area contributed by atoms with E-state index >= 15 is 0 Å². The predicted molar refractivity (Wildman–Crippen MR) is 68.9 cm³/mol. The zero-order chi connectivity index (χ0) is 15.4. The SMILES string of the molecule is CC(C)(C)OCC(NN)c1ccccc1OC(F)(F)F. The molecule has 0 spiro atoms. The number of hydrogen-bond donors (Lipinski definition) is 2. The van der Waals surface area contributed by atoms with E-state index in [0.29, 0.717) is 0 Å². The van der Waals surface area contributed by atoms with Crippen molar-refractivity contribution < 1.29 is 22.6 Å². The van der Waals surface area contributed by atoms with Crippen LogP contribution >= 0.6 is 0 Å². The predicted octanol–water partition coefficient (Wildman–Crippen LogP) is 2.90. The normalized spacial score (nSPS) is 14.2.